The molecule has 1 aromatic heterocycles. The zero-order valence-corrected chi connectivity index (χ0v) is 10.5. The molecule has 1 aromatic rings. The van der Waals surface area contributed by atoms with Gasteiger partial charge in [-0.2, -0.15) is 0 Å². The molecular weight excluding hydrogens is 216 g/mol. The van der Waals surface area contributed by atoms with E-state index >= 15 is 0 Å². The van der Waals surface area contributed by atoms with E-state index < -0.39 is 5.97 Å². The number of rotatable bonds is 7. The number of hydrogen-bond acceptors (Lipinski definition) is 3. The highest BCUT2D eigenvalue weighted by molar-refractivity contribution is 5.70. The number of aliphatic carboxylic acids is 1. The lowest BCUT2D eigenvalue weighted by Gasteiger charge is -2.20. The van der Waals surface area contributed by atoms with E-state index in [0.29, 0.717) is 13.0 Å². The van der Waals surface area contributed by atoms with Crippen molar-refractivity contribution in [2.75, 3.05) is 20.1 Å². The van der Waals surface area contributed by atoms with Gasteiger partial charge in [-0.1, -0.05) is 13.0 Å². The average Bonchev–Trinajstić information content (AvgIpc) is 2.34. The molecule has 1 heterocycles. The maximum Gasteiger partial charge on any atom is 0.307 e. The maximum atomic E-state index is 10.9. The minimum atomic E-state index is -0.708. The van der Waals surface area contributed by atoms with Gasteiger partial charge in [0.2, 0.25) is 0 Å². The number of carbonyl (C=O) groups is 1. The molecule has 0 saturated heterocycles. The average molecular weight is 236 g/mol. The van der Waals surface area contributed by atoms with E-state index in [-0.39, 0.29) is 5.92 Å². The standard InChI is InChI=1S/C13H20N2O2/c1-3-12(13(16)17)10-15(2)8-6-11-5-4-7-14-9-11/h4-5,7,9,12H,3,6,8,10H2,1-2H3,(H,16,17). The molecule has 0 aromatic carbocycles. The van der Waals surface area contributed by atoms with Crippen LogP contribution in [0.2, 0.25) is 0 Å². The van der Waals surface area contributed by atoms with Crippen LogP contribution in [0.15, 0.2) is 24.5 Å². The molecular formula is C13H20N2O2. The van der Waals surface area contributed by atoms with Crippen LogP contribution in [0.1, 0.15) is 18.9 Å². The van der Waals surface area contributed by atoms with Crippen molar-refractivity contribution in [2.45, 2.75) is 19.8 Å². The van der Waals surface area contributed by atoms with E-state index in [2.05, 4.69) is 9.88 Å². The third-order valence-electron chi connectivity index (χ3n) is 2.88. The quantitative estimate of drug-likeness (QED) is 0.782. The van der Waals surface area contributed by atoms with E-state index in [1.807, 2.05) is 32.3 Å². The Morgan fingerprint density at radius 2 is 2.35 bits per heavy atom. The first-order chi connectivity index (χ1) is 8.13. The first-order valence-corrected chi connectivity index (χ1v) is 5.93. The molecule has 0 amide bonds. The fourth-order valence-corrected chi connectivity index (χ4v) is 1.72. The van der Waals surface area contributed by atoms with Crippen LogP contribution >= 0.6 is 0 Å². The Bertz CT molecular complexity index is 341. The summed E-state index contributed by atoms with van der Waals surface area (Å²) in [6.45, 7) is 3.37. The minimum Gasteiger partial charge on any atom is -0.481 e. The molecule has 1 N–H and O–H groups in total. The highest BCUT2D eigenvalue weighted by Gasteiger charge is 2.16. The fraction of sp³-hybridized carbons (Fsp3) is 0.538. The first-order valence-electron chi connectivity index (χ1n) is 5.93. The smallest absolute Gasteiger partial charge is 0.307 e. The van der Waals surface area contributed by atoms with Crippen molar-refractivity contribution < 1.29 is 9.90 Å². The van der Waals surface area contributed by atoms with E-state index in [9.17, 15) is 4.79 Å². The Hall–Kier alpha value is -1.42. The maximum absolute atomic E-state index is 10.9. The highest BCUT2D eigenvalue weighted by atomic mass is 16.4. The largest absolute Gasteiger partial charge is 0.481 e. The molecule has 0 bridgehead atoms. The molecule has 1 unspecified atom stereocenters. The van der Waals surface area contributed by atoms with Gasteiger partial charge in [0.15, 0.2) is 0 Å². The van der Waals surface area contributed by atoms with Crippen molar-refractivity contribution in [3.8, 4) is 0 Å². The second-order valence-electron chi connectivity index (χ2n) is 4.32. The third kappa shape index (κ3) is 4.95. The van der Waals surface area contributed by atoms with Gasteiger partial charge < -0.3 is 10.0 Å². The van der Waals surface area contributed by atoms with E-state index in [0.717, 1.165) is 13.0 Å². The molecule has 1 rings (SSSR count). The van der Waals surface area contributed by atoms with Gasteiger partial charge in [-0.25, -0.2) is 0 Å². The Kier molecular flexibility index (Phi) is 5.63. The number of carboxylic acids is 1. The summed E-state index contributed by atoms with van der Waals surface area (Å²) in [5.74, 6) is -0.977. The third-order valence-corrected chi connectivity index (χ3v) is 2.88. The molecule has 0 aliphatic heterocycles. The lowest BCUT2D eigenvalue weighted by Crippen LogP contribution is -2.31. The molecule has 94 valence electrons. The van der Waals surface area contributed by atoms with Crippen LogP contribution in [-0.2, 0) is 11.2 Å². The van der Waals surface area contributed by atoms with E-state index in [1.165, 1.54) is 5.56 Å². The lowest BCUT2D eigenvalue weighted by molar-refractivity contribution is -0.142. The van der Waals surface area contributed by atoms with Crippen molar-refractivity contribution in [2.24, 2.45) is 5.92 Å². The molecule has 4 heteroatoms. The van der Waals surface area contributed by atoms with Gasteiger partial charge in [-0.05, 0) is 31.5 Å². The van der Waals surface area contributed by atoms with Gasteiger partial charge in [0.05, 0.1) is 5.92 Å². The molecule has 0 fully saturated rings. The number of hydrogen-bond donors (Lipinski definition) is 1. The van der Waals surface area contributed by atoms with Crippen molar-refractivity contribution in [1.82, 2.24) is 9.88 Å². The highest BCUT2D eigenvalue weighted by Crippen LogP contribution is 2.06. The molecule has 0 aliphatic rings. The summed E-state index contributed by atoms with van der Waals surface area (Å²) in [5.41, 5.74) is 1.18. The molecule has 0 radical (unpaired) electrons. The topological polar surface area (TPSA) is 53.4 Å². The van der Waals surface area contributed by atoms with Gasteiger partial charge >= 0.3 is 5.97 Å². The fourth-order valence-electron chi connectivity index (χ4n) is 1.72. The van der Waals surface area contributed by atoms with E-state index in [1.54, 1.807) is 6.20 Å². The monoisotopic (exact) mass is 236 g/mol. The van der Waals surface area contributed by atoms with Crippen LogP contribution in [-0.4, -0.2) is 41.1 Å². The van der Waals surface area contributed by atoms with Gasteiger partial charge in [0, 0.05) is 25.5 Å². The molecule has 4 nitrogen and oxygen atoms in total. The predicted octanol–water partition coefficient (Wildman–Crippen LogP) is 1.67. The van der Waals surface area contributed by atoms with Crippen LogP contribution < -0.4 is 0 Å². The number of likely N-dealkylation sites (N-methyl/N-ethyl adjacent to an activating group) is 1. The summed E-state index contributed by atoms with van der Waals surface area (Å²) in [7, 11) is 1.96. The van der Waals surface area contributed by atoms with Gasteiger partial charge in [-0.15, -0.1) is 0 Å². The summed E-state index contributed by atoms with van der Waals surface area (Å²) >= 11 is 0. The van der Waals surface area contributed by atoms with Gasteiger partial charge in [-0.3, -0.25) is 9.78 Å². The predicted molar refractivity (Wildman–Crippen MR) is 66.9 cm³/mol. The van der Waals surface area contributed by atoms with Crippen LogP contribution in [0.25, 0.3) is 0 Å². The van der Waals surface area contributed by atoms with Crippen molar-refractivity contribution >= 4 is 5.97 Å². The van der Waals surface area contributed by atoms with Gasteiger partial charge in [0.25, 0.3) is 0 Å². The zero-order chi connectivity index (χ0) is 12.7. The van der Waals surface area contributed by atoms with Crippen LogP contribution in [0.5, 0.6) is 0 Å². The van der Waals surface area contributed by atoms with Gasteiger partial charge in [0.1, 0.15) is 0 Å². The Morgan fingerprint density at radius 3 is 2.88 bits per heavy atom. The summed E-state index contributed by atoms with van der Waals surface area (Å²) in [4.78, 5) is 17.0. The Labute approximate surface area is 102 Å². The molecule has 0 saturated carbocycles. The second kappa shape index (κ2) is 7.01. The van der Waals surface area contributed by atoms with E-state index in [4.69, 9.17) is 5.11 Å². The molecule has 0 spiro atoms. The second-order valence-corrected chi connectivity index (χ2v) is 4.32. The molecule has 1 atom stereocenters. The van der Waals surface area contributed by atoms with Crippen molar-refractivity contribution in [3.05, 3.63) is 30.1 Å². The summed E-state index contributed by atoms with van der Waals surface area (Å²) in [5, 5.41) is 8.97. The normalized spacial score (nSPS) is 12.6. The summed E-state index contributed by atoms with van der Waals surface area (Å²) in [6, 6.07) is 3.96. The van der Waals surface area contributed by atoms with Crippen molar-refractivity contribution in [1.29, 1.82) is 0 Å². The lowest BCUT2D eigenvalue weighted by atomic mass is 10.1. The SMILES string of the molecule is CCC(CN(C)CCc1cccnc1)C(=O)O. The number of carboxylic acid groups (broad SMARTS) is 1. The van der Waals surface area contributed by atoms with Crippen molar-refractivity contribution in [3.63, 3.8) is 0 Å². The Morgan fingerprint density at radius 1 is 1.59 bits per heavy atom. The minimum absolute atomic E-state index is 0.270. The molecule has 17 heavy (non-hydrogen) atoms. The first kappa shape index (κ1) is 13.6. The zero-order valence-electron chi connectivity index (χ0n) is 10.5. The number of pyridine rings is 1. The van der Waals surface area contributed by atoms with Crippen LogP contribution in [0.4, 0.5) is 0 Å². The van der Waals surface area contributed by atoms with Crippen LogP contribution in [0, 0.1) is 5.92 Å². The number of aromatic nitrogens is 1. The number of nitrogens with zero attached hydrogens (tertiary/aromatic N) is 2. The molecule has 0 aliphatic carbocycles. The summed E-state index contributed by atoms with van der Waals surface area (Å²) < 4.78 is 0. The Balaban J connectivity index is 2.34. The van der Waals surface area contributed by atoms with Crippen LogP contribution in [0.3, 0.4) is 0 Å². The summed E-state index contributed by atoms with van der Waals surface area (Å²) in [6.07, 6.45) is 5.18.